The van der Waals surface area contributed by atoms with Gasteiger partial charge in [-0.1, -0.05) is 18.2 Å². The normalized spacial score (nSPS) is 14.9. The summed E-state index contributed by atoms with van der Waals surface area (Å²) in [5, 5.41) is 18.2. The molecule has 1 aliphatic rings. The molecular weight excluding hydrogens is 480 g/mol. The molecule has 3 aromatic rings. The number of H-pyrrole nitrogens is 1. The highest BCUT2D eigenvalue weighted by Gasteiger charge is 2.35. The van der Waals surface area contributed by atoms with Crippen molar-refractivity contribution in [2.45, 2.75) is 27.9 Å². The van der Waals surface area contributed by atoms with Crippen molar-refractivity contribution in [3.8, 4) is 22.5 Å². The average Bonchev–Trinajstić information content (AvgIpc) is 3.43. The number of benzene rings is 2. The minimum absolute atomic E-state index is 0.143. The van der Waals surface area contributed by atoms with Gasteiger partial charge in [-0.25, -0.2) is 30.4 Å². The highest BCUT2D eigenvalue weighted by molar-refractivity contribution is 7.93. The maximum absolute atomic E-state index is 12.4. The molecule has 170 valence electrons. The predicted molar refractivity (Wildman–Crippen MR) is 115 cm³/mol. The van der Waals surface area contributed by atoms with Crippen LogP contribution in [0.4, 0.5) is 5.69 Å². The van der Waals surface area contributed by atoms with Crippen molar-refractivity contribution in [1.29, 1.82) is 0 Å². The van der Waals surface area contributed by atoms with E-state index in [9.17, 15) is 25.3 Å². The number of sulfonamides is 2. The number of anilines is 1. The fraction of sp³-hybridized carbons (Fsp3) is 0.235. The van der Waals surface area contributed by atoms with E-state index in [2.05, 4.69) is 25.3 Å². The van der Waals surface area contributed by atoms with Gasteiger partial charge in [-0.15, -0.1) is 10.2 Å². The molecule has 2 aromatic carbocycles. The third-order valence-electron chi connectivity index (χ3n) is 4.79. The van der Waals surface area contributed by atoms with Crippen molar-refractivity contribution >= 4 is 35.6 Å². The van der Waals surface area contributed by atoms with Crippen LogP contribution in [0.3, 0.4) is 0 Å². The van der Waals surface area contributed by atoms with Crippen LogP contribution in [0.2, 0.25) is 0 Å². The van der Waals surface area contributed by atoms with Crippen LogP contribution in [0.25, 0.3) is 22.5 Å². The number of hydrogen-bond acceptors (Lipinski definition) is 9. The zero-order valence-corrected chi connectivity index (χ0v) is 19.0. The number of nitrogens with zero attached hydrogens (tertiary/aromatic N) is 3. The molecule has 0 unspecified atom stereocenters. The second-order valence-corrected chi connectivity index (χ2v) is 12.7. The van der Waals surface area contributed by atoms with Gasteiger partial charge in [0.2, 0.25) is 25.9 Å². The zero-order chi connectivity index (χ0) is 23.3. The van der Waals surface area contributed by atoms with E-state index in [0.717, 1.165) is 12.3 Å². The van der Waals surface area contributed by atoms with Gasteiger partial charge in [-0.3, -0.25) is 4.72 Å². The van der Waals surface area contributed by atoms with Crippen molar-refractivity contribution in [1.82, 2.24) is 20.6 Å². The summed E-state index contributed by atoms with van der Waals surface area (Å²) in [6, 6.07) is 8.66. The topological polar surface area (TPSA) is 195 Å². The Morgan fingerprint density at radius 3 is 2.16 bits per heavy atom. The van der Waals surface area contributed by atoms with Gasteiger partial charge < -0.3 is 0 Å². The molecule has 4 N–H and O–H groups in total. The van der Waals surface area contributed by atoms with Gasteiger partial charge in [0.25, 0.3) is 0 Å². The first-order chi connectivity index (χ1) is 14.9. The number of aromatic amines is 1. The molecular formula is C17H18N6O6S3. The smallest absolute Gasteiger partial charge is 0.240 e. The van der Waals surface area contributed by atoms with E-state index in [1.54, 1.807) is 12.1 Å². The van der Waals surface area contributed by atoms with Gasteiger partial charge in [0.15, 0.2) is 9.84 Å². The second-order valence-electron chi connectivity index (χ2n) is 7.29. The molecule has 0 bridgehead atoms. The van der Waals surface area contributed by atoms with E-state index in [1.165, 1.54) is 18.2 Å². The summed E-state index contributed by atoms with van der Waals surface area (Å²) in [7, 11) is -12.0. The Bertz CT molecular complexity index is 1500. The standard InChI is InChI=1S/C17H18N6O6S3/c1-30(24,25)14-9-8-13(15(16(14)31(18,26)27)17-19-22-23-20-17)10-2-4-11(5-3-10)21-32(28,29)12-6-7-12/h2-5,8-9,12,21H,6-7H2,1H3,(H2,18,26,27)(H,19,20,22,23). The molecule has 0 atom stereocenters. The van der Waals surface area contributed by atoms with Gasteiger partial charge in [0.1, 0.15) is 4.90 Å². The van der Waals surface area contributed by atoms with E-state index >= 15 is 0 Å². The van der Waals surface area contributed by atoms with Crippen LogP contribution < -0.4 is 9.86 Å². The number of primary sulfonamides is 1. The molecule has 0 radical (unpaired) electrons. The van der Waals surface area contributed by atoms with Crippen LogP contribution >= 0.6 is 0 Å². The minimum Gasteiger partial charge on any atom is -0.283 e. The first-order valence-corrected chi connectivity index (χ1v) is 14.1. The van der Waals surface area contributed by atoms with E-state index in [1.807, 2.05) is 0 Å². The highest BCUT2D eigenvalue weighted by Crippen LogP contribution is 2.39. The quantitative estimate of drug-likeness (QED) is 0.415. The molecule has 1 heterocycles. The summed E-state index contributed by atoms with van der Waals surface area (Å²) >= 11 is 0. The van der Waals surface area contributed by atoms with Crippen LogP contribution in [-0.2, 0) is 29.9 Å². The van der Waals surface area contributed by atoms with Gasteiger partial charge in [0, 0.05) is 11.9 Å². The molecule has 1 aliphatic carbocycles. The van der Waals surface area contributed by atoms with Crippen LogP contribution in [0.15, 0.2) is 46.2 Å². The lowest BCUT2D eigenvalue weighted by molar-refractivity contribution is 0.586. The highest BCUT2D eigenvalue weighted by atomic mass is 32.2. The van der Waals surface area contributed by atoms with Crippen molar-refractivity contribution in [2.24, 2.45) is 5.14 Å². The second kappa shape index (κ2) is 7.61. The van der Waals surface area contributed by atoms with Crippen LogP contribution in [-0.4, -0.2) is 57.4 Å². The molecule has 0 amide bonds. The molecule has 0 aliphatic heterocycles. The summed E-state index contributed by atoms with van der Waals surface area (Å²) < 4.78 is 76.2. The van der Waals surface area contributed by atoms with E-state index in [4.69, 9.17) is 5.14 Å². The Kier molecular flexibility index (Phi) is 5.31. The number of tetrazole rings is 1. The molecule has 15 heteroatoms. The van der Waals surface area contributed by atoms with E-state index in [0.29, 0.717) is 24.1 Å². The van der Waals surface area contributed by atoms with E-state index < -0.39 is 44.9 Å². The summed E-state index contributed by atoms with van der Waals surface area (Å²) in [6.45, 7) is 0. The fourth-order valence-electron chi connectivity index (χ4n) is 3.21. The Balaban J connectivity index is 1.90. The number of sulfone groups is 1. The summed E-state index contributed by atoms with van der Waals surface area (Å²) in [4.78, 5) is -1.16. The fourth-order valence-corrected chi connectivity index (χ4v) is 6.99. The molecule has 4 rings (SSSR count). The Labute approximate surface area is 184 Å². The first kappa shape index (κ1) is 22.3. The Morgan fingerprint density at radius 2 is 1.66 bits per heavy atom. The maximum Gasteiger partial charge on any atom is 0.240 e. The number of rotatable bonds is 7. The van der Waals surface area contributed by atoms with Gasteiger partial charge in [-0.2, -0.15) is 5.21 Å². The minimum atomic E-state index is -4.53. The average molecular weight is 499 g/mol. The SMILES string of the molecule is CS(=O)(=O)c1ccc(-c2ccc(NS(=O)(=O)C3CC3)cc2)c(-c2nn[nH]n2)c1S(N)(=O)=O. The zero-order valence-electron chi connectivity index (χ0n) is 16.5. The molecule has 0 saturated heterocycles. The van der Waals surface area contributed by atoms with Crippen LogP contribution in [0, 0.1) is 0 Å². The van der Waals surface area contributed by atoms with E-state index in [-0.39, 0.29) is 17.0 Å². The summed E-state index contributed by atoms with van der Waals surface area (Å²) in [5.74, 6) is -0.173. The third-order valence-corrected chi connectivity index (χ3v) is 8.92. The molecule has 1 saturated carbocycles. The lowest BCUT2D eigenvalue weighted by Gasteiger charge is -2.15. The lowest BCUT2D eigenvalue weighted by Crippen LogP contribution is -2.18. The Hall–Kier alpha value is -2.88. The summed E-state index contributed by atoms with van der Waals surface area (Å²) in [6.07, 6.45) is 2.09. The molecule has 1 aromatic heterocycles. The third kappa shape index (κ3) is 4.36. The van der Waals surface area contributed by atoms with Gasteiger partial charge in [-0.05, 0) is 47.4 Å². The van der Waals surface area contributed by atoms with Crippen molar-refractivity contribution in [3.05, 3.63) is 36.4 Å². The maximum atomic E-state index is 12.4. The first-order valence-electron chi connectivity index (χ1n) is 9.13. The number of nitrogens with one attached hydrogen (secondary N) is 2. The lowest BCUT2D eigenvalue weighted by atomic mass is 9.99. The molecule has 0 spiro atoms. The van der Waals surface area contributed by atoms with Crippen molar-refractivity contribution < 1.29 is 25.3 Å². The Morgan fingerprint density at radius 1 is 1.00 bits per heavy atom. The van der Waals surface area contributed by atoms with Crippen LogP contribution in [0.1, 0.15) is 12.8 Å². The molecule has 12 nitrogen and oxygen atoms in total. The van der Waals surface area contributed by atoms with Crippen molar-refractivity contribution in [2.75, 3.05) is 11.0 Å². The number of hydrogen-bond donors (Lipinski definition) is 3. The number of aromatic nitrogens is 4. The predicted octanol–water partition coefficient (Wildman–Crippen LogP) is 0.489. The number of nitrogens with two attached hydrogens (primary N) is 1. The molecule has 1 fully saturated rings. The van der Waals surface area contributed by atoms with Crippen molar-refractivity contribution in [3.63, 3.8) is 0 Å². The molecule has 32 heavy (non-hydrogen) atoms. The summed E-state index contributed by atoms with van der Waals surface area (Å²) in [5.41, 5.74) is 0.903. The monoisotopic (exact) mass is 498 g/mol. The van der Waals surface area contributed by atoms with Gasteiger partial charge in [0.05, 0.1) is 15.7 Å². The largest absolute Gasteiger partial charge is 0.283 e. The van der Waals surface area contributed by atoms with Crippen LogP contribution in [0.5, 0.6) is 0 Å². The van der Waals surface area contributed by atoms with Gasteiger partial charge >= 0.3 is 0 Å².